The molecule has 0 aromatic heterocycles. The van der Waals surface area contributed by atoms with Gasteiger partial charge in [-0.3, -0.25) is 0 Å². The van der Waals surface area contributed by atoms with E-state index < -0.39 is 0 Å². The summed E-state index contributed by atoms with van der Waals surface area (Å²) < 4.78 is 1.16. The molecule has 114 valence electrons. The number of benzene rings is 1. The van der Waals surface area contributed by atoms with Crippen LogP contribution in [0, 0.1) is 11.8 Å². The maximum absolute atomic E-state index is 3.69. The first-order chi connectivity index (χ1) is 9.35. The van der Waals surface area contributed by atoms with Gasteiger partial charge in [-0.2, -0.15) is 0 Å². The smallest absolute Gasteiger partial charge is 0.0175 e. The highest BCUT2D eigenvalue weighted by Crippen LogP contribution is 2.24. The summed E-state index contributed by atoms with van der Waals surface area (Å²) in [6.45, 7) is 12.5. The van der Waals surface area contributed by atoms with Crippen LogP contribution in [0.5, 0.6) is 0 Å². The first-order valence-corrected chi connectivity index (χ1v) is 8.64. The number of nitrogens with one attached hydrogen (secondary N) is 1. The predicted octanol–water partition coefficient (Wildman–Crippen LogP) is 5.43. The van der Waals surface area contributed by atoms with Crippen molar-refractivity contribution in [2.24, 2.45) is 11.8 Å². The zero-order valence-electron chi connectivity index (χ0n) is 13.7. The van der Waals surface area contributed by atoms with Crippen LogP contribution in [0.1, 0.15) is 53.0 Å². The summed E-state index contributed by atoms with van der Waals surface area (Å²) in [7, 11) is 0. The average molecular weight is 340 g/mol. The highest BCUT2D eigenvalue weighted by molar-refractivity contribution is 9.10. The molecule has 0 bridgehead atoms. The molecule has 20 heavy (non-hydrogen) atoms. The SMILES string of the molecule is CCC(CC)C(CNC(C)(C)C)Cc1ccc(Br)cc1. The van der Waals surface area contributed by atoms with Crippen molar-refractivity contribution in [3.05, 3.63) is 34.3 Å². The summed E-state index contributed by atoms with van der Waals surface area (Å²) in [5.41, 5.74) is 1.64. The molecule has 1 N–H and O–H groups in total. The Bertz CT molecular complexity index is 373. The molecule has 0 spiro atoms. The molecular formula is C18H30BrN. The summed E-state index contributed by atoms with van der Waals surface area (Å²) in [6, 6.07) is 8.79. The molecule has 0 fully saturated rings. The monoisotopic (exact) mass is 339 g/mol. The van der Waals surface area contributed by atoms with E-state index in [1.165, 1.54) is 24.8 Å². The third-order valence-corrected chi connectivity index (χ3v) is 4.55. The molecule has 0 saturated heterocycles. The number of hydrogen-bond acceptors (Lipinski definition) is 1. The van der Waals surface area contributed by atoms with E-state index in [4.69, 9.17) is 0 Å². The van der Waals surface area contributed by atoms with Crippen molar-refractivity contribution in [1.82, 2.24) is 5.32 Å². The Morgan fingerprint density at radius 1 is 1.00 bits per heavy atom. The zero-order valence-corrected chi connectivity index (χ0v) is 15.3. The van der Waals surface area contributed by atoms with E-state index in [1.807, 2.05) is 0 Å². The van der Waals surface area contributed by atoms with Crippen LogP contribution < -0.4 is 5.32 Å². The molecule has 2 heteroatoms. The third kappa shape index (κ3) is 6.41. The van der Waals surface area contributed by atoms with Crippen LogP contribution in [-0.4, -0.2) is 12.1 Å². The molecule has 1 nitrogen and oxygen atoms in total. The average Bonchev–Trinajstić information content (AvgIpc) is 2.38. The summed E-state index contributed by atoms with van der Waals surface area (Å²) in [5.74, 6) is 1.51. The topological polar surface area (TPSA) is 12.0 Å². The van der Waals surface area contributed by atoms with Crippen molar-refractivity contribution in [3.8, 4) is 0 Å². The minimum Gasteiger partial charge on any atom is -0.312 e. The van der Waals surface area contributed by atoms with Gasteiger partial charge in [-0.25, -0.2) is 0 Å². The number of hydrogen-bond donors (Lipinski definition) is 1. The van der Waals surface area contributed by atoms with Gasteiger partial charge >= 0.3 is 0 Å². The van der Waals surface area contributed by atoms with Gasteiger partial charge in [-0.1, -0.05) is 54.8 Å². The Morgan fingerprint density at radius 2 is 1.55 bits per heavy atom. The molecule has 0 saturated carbocycles. The summed E-state index contributed by atoms with van der Waals surface area (Å²) in [6.07, 6.45) is 3.70. The van der Waals surface area contributed by atoms with Crippen LogP contribution in [0.25, 0.3) is 0 Å². The van der Waals surface area contributed by atoms with Gasteiger partial charge in [0.25, 0.3) is 0 Å². The summed E-state index contributed by atoms with van der Waals surface area (Å²) >= 11 is 3.51. The lowest BCUT2D eigenvalue weighted by atomic mass is 9.83. The molecule has 1 aromatic rings. The Balaban J connectivity index is 2.73. The molecule has 0 radical (unpaired) electrons. The van der Waals surface area contributed by atoms with E-state index in [0.29, 0.717) is 5.92 Å². The van der Waals surface area contributed by atoms with Gasteiger partial charge in [-0.15, -0.1) is 0 Å². The van der Waals surface area contributed by atoms with E-state index in [1.54, 1.807) is 0 Å². The number of halogens is 1. The van der Waals surface area contributed by atoms with Crippen LogP contribution in [0.3, 0.4) is 0 Å². The van der Waals surface area contributed by atoms with Crippen molar-refractivity contribution < 1.29 is 0 Å². The second kappa shape index (κ2) is 8.19. The van der Waals surface area contributed by atoms with Gasteiger partial charge < -0.3 is 5.32 Å². The van der Waals surface area contributed by atoms with Crippen molar-refractivity contribution in [1.29, 1.82) is 0 Å². The molecule has 1 rings (SSSR count). The second-order valence-corrected chi connectivity index (χ2v) is 7.71. The Hall–Kier alpha value is -0.340. The second-order valence-electron chi connectivity index (χ2n) is 6.80. The molecule has 0 amide bonds. The lowest BCUT2D eigenvalue weighted by Crippen LogP contribution is -2.41. The molecule has 0 aliphatic heterocycles. The predicted molar refractivity (Wildman–Crippen MR) is 93.2 cm³/mol. The molecule has 1 aromatic carbocycles. The van der Waals surface area contributed by atoms with Crippen molar-refractivity contribution in [3.63, 3.8) is 0 Å². The van der Waals surface area contributed by atoms with Gasteiger partial charge in [0.15, 0.2) is 0 Å². The van der Waals surface area contributed by atoms with Gasteiger partial charge in [0.2, 0.25) is 0 Å². The molecule has 0 aliphatic rings. The molecule has 0 heterocycles. The summed E-state index contributed by atoms with van der Waals surface area (Å²) in [5, 5.41) is 3.69. The van der Waals surface area contributed by atoms with Crippen LogP contribution >= 0.6 is 15.9 Å². The maximum atomic E-state index is 3.69. The lowest BCUT2D eigenvalue weighted by Gasteiger charge is -2.30. The molecule has 1 atom stereocenters. The highest BCUT2D eigenvalue weighted by Gasteiger charge is 2.21. The fourth-order valence-corrected chi connectivity index (χ4v) is 2.99. The first kappa shape index (κ1) is 17.7. The zero-order chi connectivity index (χ0) is 15.2. The summed E-state index contributed by atoms with van der Waals surface area (Å²) in [4.78, 5) is 0. The van der Waals surface area contributed by atoms with E-state index in [2.05, 4.69) is 80.1 Å². The Labute approximate surface area is 133 Å². The normalized spacial score (nSPS) is 13.8. The Morgan fingerprint density at radius 3 is 2.00 bits per heavy atom. The maximum Gasteiger partial charge on any atom is 0.0175 e. The molecular weight excluding hydrogens is 310 g/mol. The molecule has 0 aliphatic carbocycles. The van der Waals surface area contributed by atoms with Crippen LogP contribution in [0.15, 0.2) is 28.7 Å². The standard InChI is InChI=1S/C18H30BrN/c1-6-15(7-2)16(13-20-18(3,4)5)12-14-8-10-17(19)11-9-14/h8-11,15-16,20H,6-7,12-13H2,1-5H3. The fourth-order valence-electron chi connectivity index (χ4n) is 2.72. The first-order valence-electron chi connectivity index (χ1n) is 7.85. The largest absolute Gasteiger partial charge is 0.312 e. The van der Waals surface area contributed by atoms with Gasteiger partial charge in [0.1, 0.15) is 0 Å². The quantitative estimate of drug-likeness (QED) is 0.698. The number of rotatable bonds is 7. The molecule has 1 unspecified atom stereocenters. The fraction of sp³-hybridized carbons (Fsp3) is 0.667. The van der Waals surface area contributed by atoms with Crippen LogP contribution in [-0.2, 0) is 6.42 Å². The third-order valence-electron chi connectivity index (χ3n) is 4.02. The van der Waals surface area contributed by atoms with Gasteiger partial charge in [0.05, 0.1) is 0 Å². The van der Waals surface area contributed by atoms with Crippen molar-refractivity contribution in [2.75, 3.05) is 6.54 Å². The van der Waals surface area contributed by atoms with Gasteiger partial charge in [-0.05, 0) is 63.3 Å². The van der Waals surface area contributed by atoms with Crippen LogP contribution in [0.2, 0.25) is 0 Å². The van der Waals surface area contributed by atoms with Crippen molar-refractivity contribution >= 4 is 15.9 Å². The Kier molecular flexibility index (Phi) is 7.25. The highest BCUT2D eigenvalue weighted by atomic mass is 79.9. The van der Waals surface area contributed by atoms with E-state index in [0.717, 1.165) is 16.9 Å². The lowest BCUT2D eigenvalue weighted by molar-refractivity contribution is 0.270. The minimum absolute atomic E-state index is 0.198. The van der Waals surface area contributed by atoms with E-state index in [9.17, 15) is 0 Å². The minimum atomic E-state index is 0.198. The van der Waals surface area contributed by atoms with E-state index in [-0.39, 0.29) is 5.54 Å². The van der Waals surface area contributed by atoms with Crippen molar-refractivity contribution in [2.45, 2.75) is 59.4 Å². The van der Waals surface area contributed by atoms with Crippen LogP contribution in [0.4, 0.5) is 0 Å². The van der Waals surface area contributed by atoms with Gasteiger partial charge in [0, 0.05) is 10.0 Å². The van der Waals surface area contributed by atoms with E-state index >= 15 is 0 Å².